The summed E-state index contributed by atoms with van der Waals surface area (Å²) in [6.07, 6.45) is 2.53. The van der Waals surface area contributed by atoms with Crippen molar-refractivity contribution in [2.75, 3.05) is 18.4 Å². The number of nitrogens with one attached hydrogen (secondary N) is 2. The zero-order valence-corrected chi connectivity index (χ0v) is 10.9. The van der Waals surface area contributed by atoms with E-state index in [1.807, 2.05) is 24.3 Å². The van der Waals surface area contributed by atoms with E-state index in [-0.39, 0.29) is 17.9 Å². The van der Waals surface area contributed by atoms with Gasteiger partial charge in [-0.15, -0.1) is 0 Å². The van der Waals surface area contributed by atoms with Gasteiger partial charge in [0.2, 0.25) is 5.91 Å². The van der Waals surface area contributed by atoms with Crippen molar-refractivity contribution < 1.29 is 9.90 Å². The first kappa shape index (κ1) is 12.5. The van der Waals surface area contributed by atoms with E-state index in [9.17, 15) is 9.90 Å². The average molecular weight is 260 g/mol. The highest BCUT2D eigenvalue weighted by molar-refractivity contribution is 5.88. The minimum atomic E-state index is -0.171. The first-order valence-electron chi connectivity index (χ1n) is 7.02. The lowest BCUT2D eigenvalue weighted by Gasteiger charge is -2.14. The van der Waals surface area contributed by atoms with E-state index < -0.39 is 0 Å². The number of amides is 1. The van der Waals surface area contributed by atoms with Crippen LogP contribution in [0.5, 0.6) is 0 Å². The van der Waals surface area contributed by atoms with Gasteiger partial charge in [0.05, 0.1) is 12.0 Å². The zero-order valence-electron chi connectivity index (χ0n) is 10.9. The number of benzene rings is 1. The predicted molar refractivity (Wildman–Crippen MR) is 74.0 cm³/mol. The molecule has 1 heterocycles. The summed E-state index contributed by atoms with van der Waals surface area (Å²) in [6, 6.07) is 7.97. The molecule has 1 aliphatic carbocycles. The predicted octanol–water partition coefficient (Wildman–Crippen LogP) is 1.47. The molecule has 0 spiro atoms. The van der Waals surface area contributed by atoms with Crippen LogP contribution in [0.15, 0.2) is 24.3 Å². The number of hydrogen-bond acceptors (Lipinski definition) is 3. The Labute approximate surface area is 113 Å². The topological polar surface area (TPSA) is 61.4 Å². The van der Waals surface area contributed by atoms with Crippen molar-refractivity contribution in [3.8, 4) is 0 Å². The van der Waals surface area contributed by atoms with E-state index in [4.69, 9.17) is 0 Å². The number of carbonyl (C=O) groups is 1. The number of fused-ring (bicyclic) bond motifs is 1. The SMILES string of the molecule is O=C(NCC1CCC(O)C1)C1CNc2ccccc21. The number of rotatable bonds is 3. The molecule has 1 aromatic carbocycles. The highest BCUT2D eigenvalue weighted by Crippen LogP contribution is 2.31. The van der Waals surface area contributed by atoms with Crippen molar-refractivity contribution in [1.29, 1.82) is 0 Å². The van der Waals surface area contributed by atoms with Crippen LogP contribution in [-0.2, 0) is 4.79 Å². The van der Waals surface area contributed by atoms with Crippen LogP contribution in [0.4, 0.5) is 5.69 Å². The Hall–Kier alpha value is -1.55. The summed E-state index contributed by atoms with van der Waals surface area (Å²) in [5.74, 6) is 0.449. The lowest BCUT2D eigenvalue weighted by atomic mass is 10.00. The Bertz CT molecular complexity index is 475. The highest BCUT2D eigenvalue weighted by atomic mass is 16.3. The molecule has 0 radical (unpaired) electrons. The molecule has 3 rings (SSSR count). The third-order valence-corrected chi connectivity index (χ3v) is 4.23. The summed E-state index contributed by atoms with van der Waals surface area (Å²) in [7, 11) is 0. The fraction of sp³-hybridized carbons (Fsp3) is 0.533. The number of carbonyl (C=O) groups excluding carboxylic acids is 1. The third kappa shape index (κ3) is 2.59. The molecule has 0 aromatic heterocycles. The monoisotopic (exact) mass is 260 g/mol. The molecule has 3 N–H and O–H groups in total. The standard InChI is InChI=1S/C15H20N2O2/c18-11-6-5-10(7-11)8-17-15(19)13-9-16-14-4-2-1-3-12(13)14/h1-4,10-11,13,16,18H,5-9H2,(H,17,19). The maximum atomic E-state index is 12.2. The van der Waals surface area contributed by atoms with Crippen LogP contribution < -0.4 is 10.6 Å². The van der Waals surface area contributed by atoms with E-state index in [2.05, 4.69) is 10.6 Å². The van der Waals surface area contributed by atoms with Crippen LogP contribution in [0.1, 0.15) is 30.7 Å². The molecule has 3 atom stereocenters. The van der Waals surface area contributed by atoms with Crippen LogP contribution in [0.3, 0.4) is 0 Å². The first-order chi connectivity index (χ1) is 9.24. The van der Waals surface area contributed by atoms with Gasteiger partial charge in [0.1, 0.15) is 0 Å². The molecule has 4 heteroatoms. The molecule has 0 bridgehead atoms. The van der Waals surface area contributed by atoms with E-state index in [0.29, 0.717) is 19.0 Å². The maximum absolute atomic E-state index is 12.2. The molecule has 2 aliphatic rings. The molecule has 1 aliphatic heterocycles. The third-order valence-electron chi connectivity index (χ3n) is 4.23. The van der Waals surface area contributed by atoms with Gasteiger partial charge in [0, 0.05) is 18.8 Å². The van der Waals surface area contributed by atoms with Gasteiger partial charge in [-0.25, -0.2) is 0 Å². The largest absolute Gasteiger partial charge is 0.393 e. The van der Waals surface area contributed by atoms with Gasteiger partial charge in [-0.3, -0.25) is 4.79 Å². The fourth-order valence-electron chi connectivity index (χ4n) is 3.12. The summed E-state index contributed by atoms with van der Waals surface area (Å²) < 4.78 is 0. The molecule has 4 nitrogen and oxygen atoms in total. The molecule has 1 fully saturated rings. The summed E-state index contributed by atoms with van der Waals surface area (Å²) in [5.41, 5.74) is 2.16. The summed E-state index contributed by atoms with van der Waals surface area (Å²) >= 11 is 0. The lowest BCUT2D eigenvalue weighted by molar-refractivity contribution is -0.122. The number of hydrogen-bond donors (Lipinski definition) is 3. The maximum Gasteiger partial charge on any atom is 0.229 e. The van der Waals surface area contributed by atoms with Crippen LogP contribution in [-0.4, -0.2) is 30.2 Å². The lowest BCUT2D eigenvalue weighted by Crippen LogP contribution is -2.33. The summed E-state index contributed by atoms with van der Waals surface area (Å²) in [5, 5.41) is 15.8. The minimum Gasteiger partial charge on any atom is -0.393 e. The van der Waals surface area contributed by atoms with E-state index >= 15 is 0 Å². The molecule has 1 saturated carbocycles. The summed E-state index contributed by atoms with van der Waals surface area (Å²) in [4.78, 5) is 12.2. The van der Waals surface area contributed by atoms with E-state index in [1.165, 1.54) is 0 Å². The van der Waals surface area contributed by atoms with Crippen LogP contribution >= 0.6 is 0 Å². The molecule has 3 unspecified atom stereocenters. The first-order valence-corrected chi connectivity index (χ1v) is 7.02. The Balaban J connectivity index is 1.57. The Morgan fingerprint density at radius 3 is 3.00 bits per heavy atom. The average Bonchev–Trinajstić information content (AvgIpc) is 3.02. The van der Waals surface area contributed by atoms with E-state index in [0.717, 1.165) is 30.5 Å². The molecular weight excluding hydrogens is 240 g/mol. The van der Waals surface area contributed by atoms with Crippen LogP contribution in [0.2, 0.25) is 0 Å². The second kappa shape index (κ2) is 5.21. The number of para-hydroxylation sites is 1. The summed E-state index contributed by atoms with van der Waals surface area (Å²) in [6.45, 7) is 1.37. The van der Waals surface area contributed by atoms with Crippen molar-refractivity contribution in [2.24, 2.45) is 5.92 Å². The fourth-order valence-corrected chi connectivity index (χ4v) is 3.12. The normalized spacial score (nSPS) is 28.8. The van der Waals surface area contributed by atoms with Gasteiger partial charge >= 0.3 is 0 Å². The van der Waals surface area contributed by atoms with Crippen molar-refractivity contribution in [1.82, 2.24) is 5.32 Å². The Morgan fingerprint density at radius 2 is 2.21 bits per heavy atom. The molecule has 0 saturated heterocycles. The van der Waals surface area contributed by atoms with Gasteiger partial charge in [0.15, 0.2) is 0 Å². The van der Waals surface area contributed by atoms with Crippen LogP contribution in [0.25, 0.3) is 0 Å². The second-order valence-corrected chi connectivity index (χ2v) is 5.60. The van der Waals surface area contributed by atoms with Gasteiger partial charge in [-0.2, -0.15) is 0 Å². The van der Waals surface area contributed by atoms with Gasteiger partial charge in [-0.1, -0.05) is 18.2 Å². The number of aliphatic hydroxyl groups is 1. The Kier molecular flexibility index (Phi) is 3.42. The number of anilines is 1. The Morgan fingerprint density at radius 1 is 1.37 bits per heavy atom. The van der Waals surface area contributed by atoms with Gasteiger partial charge in [0.25, 0.3) is 0 Å². The van der Waals surface area contributed by atoms with Crippen molar-refractivity contribution in [2.45, 2.75) is 31.3 Å². The van der Waals surface area contributed by atoms with Crippen LogP contribution in [0, 0.1) is 5.92 Å². The van der Waals surface area contributed by atoms with Gasteiger partial charge in [-0.05, 0) is 36.8 Å². The smallest absolute Gasteiger partial charge is 0.229 e. The molecule has 1 amide bonds. The van der Waals surface area contributed by atoms with Crippen molar-refractivity contribution >= 4 is 11.6 Å². The van der Waals surface area contributed by atoms with E-state index in [1.54, 1.807) is 0 Å². The molecule has 102 valence electrons. The quantitative estimate of drug-likeness (QED) is 0.771. The highest BCUT2D eigenvalue weighted by Gasteiger charge is 2.29. The molecular formula is C15H20N2O2. The van der Waals surface area contributed by atoms with Crippen molar-refractivity contribution in [3.63, 3.8) is 0 Å². The number of aliphatic hydroxyl groups excluding tert-OH is 1. The zero-order chi connectivity index (χ0) is 13.2. The molecule has 19 heavy (non-hydrogen) atoms. The minimum absolute atomic E-state index is 0.0810. The molecule has 1 aromatic rings. The van der Waals surface area contributed by atoms with Crippen molar-refractivity contribution in [3.05, 3.63) is 29.8 Å². The van der Waals surface area contributed by atoms with Gasteiger partial charge < -0.3 is 15.7 Å². The second-order valence-electron chi connectivity index (χ2n) is 5.60.